The molecule has 0 aliphatic carbocycles. The first kappa shape index (κ1) is 15.7. The van der Waals surface area contributed by atoms with Gasteiger partial charge >= 0.3 is 12.3 Å². The van der Waals surface area contributed by atoms with Crippen molar-refractivity contribution in [2.45, 2.75) is 32.2 Å². The number of aliphatic hydroxyl groups is 1. The van der Waals surface area contributed by atoms with Crippen molar-refractivity contribution >= 4 is 0 Å². The maximum atomic E-state index is 12.6. The van der Waals surface area contributed by atoms with E-state index in [0.717, 1.165) is 12.1 Å². The van der Waals surface area contributed by atoms with E-state index in [-0.39, 0.29) is 5.92 Å². The fourth-order valence-corrected chi connectivity index (χ4v) is 1.32. The third-order valence-electron chi connectivity index (χ3n) is 2.43. The summed E-state index contributed by atoms with van der Waals surface area (Å²) in [5.74, 6) is -0.731. The van der Waals surface area contributed by atoms with E-state index in [0.29, 0.717) is 5.56 Å². The summed E-state index contributed by atoms with van der Waals surface area (Å²) < 4.78 is 64.6. The molecule has 0 radical (unpaired) electrons. The van der Waals surface area contributed by atoms with Gasteiger partial charge in [0.2, 0.25) is 0 Å². The van der Waals surface area contributed by atoms with Crippen LogP contribution >= 0.6 is 0 Å². The van der Waals surface area contributed by atoms with Gasteiger partial charge in [-0.3, -0.25) is 0 Å². The molecule has 108 valence electrons. The van der Waals surface area contributed by atoms with Crippen LogP contribution in [0.3, 0.4) is 0 Å². The highest BCUT2D eigenvalue weighted by atomic mass is 19.4. The number of halogens is 5. The number of hydrogen-bond acceptors (Lipinski definition) is 2. The van der Waals surface area contributed by atoms with Crippen LogP contribution in [0, 0.1) is 5.92 Å². The SMILES string of the molecule is CC(C)C(O)c1ccc(OC(F)(F)C(F)(F)F)cc1. The highest BCUT2D eigenvalue weighted by Crippen LogP contribution is 2.37. The van der Waals surface area contributed by atoms with Crippen molar-refractivity contribution in [3.05, 3.63) is 29.8 Å². The first-order chi connectivity index (χ1) is 8.54. The van der Waals surface area contributed by atoms with E-state index in [2.05, 4.69) is 4.74 Å². The molecule has 0 heterocycles. The van der Waals surface area contributed by atoms with Crippen molar-refractivity contribution in [3.63, 3.8) is 0 Å². The van der Waals surface area contributed by atoms with E-state index in [9.17, 15) is 27.1 Å². The molecule has 0 aliphatic heterocycles. The van der Waals surface area contributed by atoms with E-state index in [4.69, 9.17) is 0 Å². The lowest BCUT2D eigenvalue weighted by Crippen LogP contribution is -2.41. The minimum Gasteiger partial charge on any atom is -0.426 e. The second-order valence-electron chi connectivity index (χ2n) is 4.37. The van der Waals surface area contributed by atoms with Gasteiger partial charge in [0.05, 0.1) is 6.10 Å². The van der Waals surface area contributed by atoms with Gasteiger partial charge in [0, 0.05) is 0 Å². The lowest BCUT2D eigenvalue weighted by molar-refractivity contribution is -0.360. The predicted octanol–water partition coefficient (Wildman–Crippen LogP) is 3.91. The van der Waals surface area contributed by atoms with Crippen LogP contribution in [0.5, 0.6) is 5.75 Å². The number of benzene rings is 1. The summed E-state index contributed by atoms with van der Waals surface area (Å²) >= 11 is 0. The van der Waals surface area contributed by atoms with Gasteiger partial charge in [-0.1, -0.05) is 26.0 Å². The molecule has 0 bridgehead atoms. The average molecular weight is 284 g/mol. The Balaban J connectivity index is 2.84. The number of hydrogen-bond donors (Lipinski definition) is 1. The maximum Gasteiger partial charge on any atom is 0.499 e. The van der Waals surface area contributed by atoms with Gasteiger partial charge in [-0.2, -0.15) is 22.0 Å². The van der Waals surface area contributed by atoms with Crippen molar-refractivity contribution in [2.75, 3.05) is 0 Å². The number of aliphatic hydroxyl groups excluding tert-OH is 1. The molecule has 0 aliphatic rings. The van der Waals surface area contributed by atoms with Crippen LogP contribution in [0.25, 0.3) is 0 Å². The first-order valence-corrected chi connectivity index (χ1v) is 5.46. The second-order valence-corrected chi connectivity index (χ2v) is 4.37. The van der Waals surface area contributed by atoms with E-state index < -0.39 is 24.1 Å². The van der Waals surface area contributed by atoms with Crippen LogP contribution in [0.15, 0.2) is 24.3 Å². The molecule has 0 spiro atoms. The first-order valence-electron chi connectivity index (χ1n) is 5.46. The molecule has 0 amide bonds. The minimum atomic E-state index is -5.77. The van der Waals surface area contributed by atoms with Crippen molar-refractivity contribution in [2.24, 2.45) is 5.92 Å². The Morgan fingerprint density at radius 3 is 1.84 bits per heavy atom. The molecule has 0 saturated heterocycles. The predicted molar refractivity (Wildman–Crippen MR) is 57.9 cm³/mol. The Labute approximate surface area is 106 Å². The molecule has 0 aromatic heterocycles. The summed E-state index contributed by atoms with van der Waals surface area (Å²) in [5.41, 5.74) is 0.415. The van der Waals surface area contributed by atoms with Gasteiger partial charge in [0.1, 0.15) is 5.75 Å². The minimum absolute atomic E-state index is 0.108. The Hall–Kier alpha value is -1.37. The molecule has 1 unspecified atom stereocenters. The van der Waals surface area contributed by atoms with Crippen LogP contribution < -0.4 is 4.74 Å². The van der Waals surface area contributed by atoms with Gasteiger partial charge in [-0.05, 0) is 23.6 Å². The van der Waals surface area contributed by atoms with Crippen LogP contribution in [-0.2, 0) is 0 Å². The Bertz CT molecular complexity index is 411. The van der Waals surface area contributed by atoms with Crippen molar-refractivity contribution < 1.29 is 31.8 Å². The second kappa shape index (κ2) is 5.32. The molecule has 2 nitrogen and oxygen atoms in total. The highest BCUT2D eigenvalue weighted by Gasteiger charge is 2.61. The Morgan fingerprint density at radius 1 is 1.00 bits per heavy atom. The Morgan fingerprint density at radius 2 is 1.47 bits per heavy atom. The smallest absolute Gasteiger partial charge is 0.426 e. The summed E-state index contributed by atoms with van der Waals surface area (Å²) in [4.78, 5) is 0. The molecule has 1 aromatic carbocycles. The van der Waals surface area contributed by atoms with Gasteiger partial charge in [-0.25, -0.2) is 0 Å². The fourth-order valence-electron chi connectivity index (χ4n) is 1.32. The van der Waals surface area contributed by atoms with Crippen molar-refractivity contribution in [1.82, 2.24) is 0 Å². The lowest BCUT2D eigenvalue weighted by atomic mass is 9.99. The molecule has 0 saturated carbocycles. The fraction of sp³-hybridized carbons (Fsp3) is 0.500. The number of ether oxygens (including phenoxy) is 1. The van der Waals surface area contributed by atoms with Gasteiger partial charge < -0.3 is 9.84 Å². The van der Waals surface area contributed by atoms with E-state index in [1.165, 1.54) is 12.1 Å². The quantitative estimate of drug-likeness (QED) is 0.849. The number of alkyl halides is 5. The van der Waals surface area contributed by atoms with Crippen molar-refractivity contribution in [3.8, 4) is 5.75 Å². The van der Waals surface area contributed by atoms with E-state index in [1.807, 2.05) is 0 Å². The maximum absolute atomic E-state index is 12.6. The topological polar surface area (TPSA) is 29.5 Å². The van der Waals surface area contributed by atoms with E-state index >= 15 is 0 Å². The van der Waals surface area contributed by atoms with Gasteiger partial charge in [0.25, 0.3) is 0 Å². The molecule has 7 heteroatoms. The monoisotopic (exact) mass is 284 g/mol. The summed E-state index contributed by atoms with van der Waals surface area (Å²) in [5, 5.41) is 9.68. The Kier molecular flexibility index (Phi) is 4.39. The summed E-state index contributed by atoms with van der Waals surface area (Å²) in [6.45, 7) is 3.49. The lowest BCUT2D eigenvalue weighted by Gasteiger charge is -2.20. The zero-order valence-electron chi connectivity index (χ0n) is 10.2. The molecule has 1 rings (SSSR count). The molecule has 1 N–H and O–H groups in total. The van der Waals surface area contributed by atoms with Crippen LogP contribution in [0.2, 0.25) is 0 Å². The molecular weight excluding hydrogens is 271 g/mol. The van der Waals surface area contributed by atoms with Gasteiger partial charge in [0.15, 0.2) is 0 Å². The van der Waals surface area contributed by atoms with Crippen LogP contribution in [-0.4, -0.2) is 17.4 Å². The zero-order chi connectivity index (χ0) is 14.8. The van der Waals surface area contributed by atoms with Crippen LogP contribution in [0.4, 0.5) is 22.0 Å². The van der Waals surface area contributed by atoms with Crippen LogP contribution in [0.1, 0.15) is 25.5 Å². The number of rotatable bonds is 4. The van der Waals surface area contributed by atoms with Crippen molar-refractivity contribution in [1.29, 1.82) is 0 Å². The summed E-state index contributed by atoms with van der Waals surface area (Å²) in [6, 6.07) is 4.40. The zero-order valence-corrected chi connectivity index (χ0v) is 10.2. The molecule has 0 fully saturated rings. The molecule has 19 heavy (non-hydrogen) atoms. The van der Waals surface area contributed by atoms with E-state index in [1.54, 1.807) is 13.8 Å². The third-order valence-corrected chi connectivity index (χ3v) is 2.43. The third kappa shape index (κ3) is 3.79. The van der Waals surface area contributed by atoms with Gasteiger partial charge in [-0.15, -0.1) is 0 Å². The normalized spacial score (nSPS) is 14.6. The summed E-state index contributed by atoms with van der Waals surface area (Å²) in [7, 11) is 0. The summed E-state index contributed by atoms with van der Waals surface area (Å²) in [6.07, 6.45) is -11.8. The standard InChI is InChI=1S/C12H13F5O2/c1-7(2)10(18)8-3-5-9(6-4-8)19-12(16,17)11(13,14)15/h3-7,10,18H,1-2H3. The average Bonchev–Trinajstić information content (AvgIpc) is 2.27. The molecular formula is C12H13F5O2. The molecule has 1 aromatic rings. The highest BCUT2D eigenvalue weighted by molar-refractivity contribution is 5.29. The molecule has 1 atom stereocenters. The largest absolute Gasteiger partial charge is 0.499 e.